The standard InChI is InChI=1S/C13H12BrCl2N3/c1-2-6-17-13-9(14)7-18-12(19-13)8-4-3-5-10(15)11(8)16/h3-5,7H,2,6H2,1H3,(H,17,18,19). The molecule has 0 amide bonds. The van der Waals surface area contributed by atoms with Crippen LogP contribution in [0.1, 0.15) is 13.3 Å². The number of benzene rings is 1. The van der Waals surface area contributed by atoms with Crippen LogP contribution in [0.25, 0.3) is 11.4 Å². The van der Waals surface area contributed by atoms with Crippen LogP contribution >= 0.6 is 39.1 Å². The van der Waals surface area contributed by atoms with Crippen molar-refractivity contribution in [1.29, 1.82) is 0 Å². The fraction of sp³-hybridized carbons (Fsp3) is 0.231. The number of hydrogen-bond acceptors (Lipinski definition) is 3. The molecule has 0 unspecified atom stereocenters. The molecule has 1 heterocycles. The van der Waals surface area contributed by atoms with Gasteiger partial charge in [-0.2, -0.15) is 0 Å². The minimum absolute atomic E-state index is 0.466. The van der Waals surface area contributed by atoms with Crippen molar-refractivity contribution in [2.45, 2.75) is 13.3 Å². The van der Waals surface area contributed by atoms with Crippen LogP contribution in [0.4, 0.5) is 5.82 Å². The topological polar surface area (TPSA) is 37.8 Å². The molecule has 1 aromatic carbocycles. The van der Waals surface area contributed by atoms with Crippen molar-refractivity contribution >= 4 is 44.9 Å². The smallest absolute Gasteiger partial charge is 0.163 e. The van der Waals surface area contributed by atoms with Crippen LogP contribution in [0.5, 0.6) is 0 Å². The van der Waals surface area contributed by atoms with Crippen molar-refractivity contribution in [3.05, 3.63) is 38.9 Å². The van der Waals surface area contributed by atoms with E-state index in [9.17, 15) is 0 Å². The van der Waals surface area contributed by atoms with Gasteiger partial charge in [0, 0.05) is 18.3 Å². The molecule has 2 rings (SSSR count). The second-order valence-corrected chi connectivity index (χ2v) is 5.56. The van der Waals surface area contributed by atoms with E-state index in [4.69, 9.17) is 23.2 Å². The molecular weight excluding hydrogens is 349 g/mol. The van der Waals surface area contributed by atoms with E-state index in [1.165, 1.54) is 0 Å². The highest BCUT2D eigenvalue weighted by Gasteiger charge is 2.11. The molecular formula is C13H12BrCl2N3. The van der Waals surface area contributed by atoms with E-state index in [-0.39, 0.29) is 0 Å². The minimum atomic E-state index is 0.466. The monoisotopic (exact) mass is 359 g/mol. The van der Waals surface area contributed by atoms with Gasteiger partial charge in [-0.3, -0.25) is 0 Å². The summed E-state index contributed by atoms with van der Waals surface area (Å²) in [5, 5.41) is 4.19. The molecule has 1 N–H and O–H groups in total. The predicted molar refractivity (Wildman–Crippen MR) is 84.0 cm³/mol. The van der Waals surface area contributed by atoms with Crippen LogP contribution in [-0.2, 0) is 0 Å². The van der Waals surface area contributed by atoms with Gasteiger partial charge < -0.3 is 5.32 Å². The quantitative estimate of drug-likeness (QED) is 0.830. The second-order valence-electron chi connectivity index (χ2n) is 3.92. The van der Waals surface area contributed by atoms with Crippen LogP contribution in [0.2, 0.25) is 10.0 Å². The van der Waals surface area contributed by atoms with Gasteiger partial charge in [0.2, 0.25) is 0 Å². The van der Waals surface area contributed by atoms with Crippen molar-refractivity contribution in [2.24, 2.45) is 0 Å². The Kier molecular flexibility index (Phi) is 5.02. The lowest BCUT2D eigenvalue weighted by molar-refractivity contribution is 0.963. The van der Waals surface area contributed by atoms with Crippen LogP contribution < -0.4 is 5.32 Å². The third kappa shape index (κ3) is 3.38. The van der Waals surface area contributed by atoms with Crippen molar-refractivity contribution < 1.29 is 0 Å². The Balaban J connectivity index is 2.42. The van der Waals surface area contributed by atoms with Gasteiger partial charge in [-0.25, -0.2) is 9.97 Å². The zero-order valence-electron chi connectivity index (χ0n) is 10.3. The summed E-state index contributed by atoms with van der Waals surface area (Å²) in [7, 11) is 0. The first-order valence-corrected chi connectivity index (χ1v) is 7.39. The maximum absolute atomic E-state index is 6.18. The summed E-state index contributed by atoms with van der Waals surface area (Å²) in [6.45, 7) is 2.94. The maximum Gasteiger partial charge on any atom is 0.163 e. The van der Waals surface area contributed by atoms with Gasteiger partial charge >= 0.3 is 0 Å². The minimum Gasteiger partial charge on any atom is -0.369 e. The molecule has 0 saturated heterocycles. The highest BCUT2D eigenvalue weighted by molar-refractivity contribution is 9.10. The van der Waals surface area contributed by atoms with Crippen LogP contribution in [0.15, 0.2) is 28.9 Å². The molecule has 0 aliphatic rings. The number of hydrogen-bond donors (Lipinski definition) is 1. The predicted octanol–water partition coefficient (Wildman–Crippen LogP) is 5.03. The van der Waals surface area contributed by atoms with Gasteiger partial charge in [-0.05, 0) is 34.5 Å². The van der Waals surface area contributed by atoms with E-state index in [1.807, 2.05) is 12.1 Å². The summed E-state index contributed by atoms with van der Waals surface area (Å²) in [6, 6.07) is 5.41. The van der Waals surface area contributed by atoms with Crippen LogP contribution in [0.3, 0.4) is 0 Å². The number of anilines is 1. The highest BCUT2D eigenvalue weighted by Crippen LogP contribution is 2.32. The summed E-state index contributed by atoms with van der Waals surface area (Å²) in [4.78, 5) is 8.75. The SMILES string of the molecule is CCCNc1nc(-c2cccc(Cl)c2Cl)ncc1Br. The molecule has 0 radical (unpaired) electrons. The highest BCUT2D eigenvalue weighted by atomic mass is 79.9. The number of nitrogens with one attached hydrogen (secondary N) is 1. The lowest BCUT2D eigenvalue weighted by Crippen LogP contribution is -2.04. The average molecular weight is 361 g/mol. The van der Waals surface area contributed by atoms with E-state index in [0.29, 0.717) is 15.9 Å². The zero-order valence-corrected chi connectivity index (χ0v) is 13.3. The van der Waals surface area contributed by atoms with E-state index < -0.39 is 0 Å². The molecule has 19 heavy (non-hydrogen) atoms. The summed E-state index contributed by atoms with van der Waals surface area (Å²) in [5.41, 5.74) is 0.723. The first-order valence-electron chi connectivity index (χ1n) is 5.84. The number of aromatic nitrogens is 2. The van der Waals surface area contributed by atoms with Gasteiger partial charge in [0.15, 0.2) is 5.82 Å². The van der Waals surface area contributed by atoms with Gasteiger partial charge in [0.25, 0.3) is 0 Å². The first-order chi connectivity index (χ1) is 9.13. The summed E-state index contributed by atoms with van der Waals surface area (Å²) < 4.78 is 0.822. The molecule has 0 aliphatic carbocycles. The van der Waals surface area contributed by atoms with Gasteiger partial charge in [-0.1, -0.05) is 36.2 Å². The van der Waals surface area contributed by atoms with Gasteiger partial charge in [-0.15, -0.1) is 0 Å². The van der Waals surface area contributed by atoms with Crippen LogP contribution in [-0.4, -0.2) is 16.5 Å². The van der Waals surface area contributed by atoms with E-state index >= 15 is 0 Å². The molecule has 0 aliphatic heterocycles. The van der Waals surface area contributed by atoms with E-state index in [2.05, 4.69) is 38.1 Å². The third-order valence-corrected chi connectivity index (χ3v) is 3.88. The molecule has 0 saturated carbocycles. The molecule has 0 fully saturated rings. The summed E-state index contributed by atoms with van der Waals surface area (Å²) in [6.07, 6.45) is 2.72. The molecule has 6 heteroatoms. The Morgan fingerprint density at radius 1 is 1.32 bits per heavy atom. The number of rotatable bonds is 4. The third-order valence-electron chi connectivity index (χ3n) is 2.48. The molecule has 0 atom stereocenters. The fourth-order valence-electron chi connectivity index (χ4n) is 1.54. The number of nitrogens with zero attached hydrogens (tertiary/aromatic N) is 2. The van der Waals surface area contributed by atoms with Gasteiger partial charge in [0.1, 0.15) is 5.82 Å². The molecule has 0 bridgehead atoms. The fourth-order valence-corrected chi connectivity index (χ4v) is 2.26. The Hall–Kier alpha value is -0.840. The Morgan fingerprint density at radius 3 is 2.84 bits per heavy atom. The number of halogens is 3. The van der Waals surface area contributed by atoms with Crippen molar-refractivity contribution in [3.63, 3.8) is 0 Å². The summed E-state index contributed by atoms with van der Waals surface area (Å²) in [5.74, 6) is 1.30. The normalized spacial score (nSPS) is 10.5. The van der Waals surface area contributed by atoms with Crippen LogP contribution in [0, 0.1) is 0 Å². The van der Waals surface area contributed by atoms with Gasteiger partial charge in [0.05, 0.1) is 14.5 Å². The zero-order chi connectivity index (χ0) is 13.8. The first kappa shape index (κ1) is 14.6. The van der Waals surface area contributed by atoms with Crippen molar-refractivity contribution in [3.8, 4) is 11.4 Å². The largest absolute Gasteiger partial charge is 0.369 e. The molecule has 1 aromatic heterocycles. The maximum atomic E-state index is 6.18. The van der Waals surface area contributed by atoms with Crippen molar-refractivity contribution in [1.82, 2.24) is 9.97 Å². The summed E-state index contributed by atoms with van der Waals surface area (Å²) >= 11 is 15.6. The lowest BCUT2D eigenvalue weighted by atomic mass is 10.2. The molecule has 0 spiro atoms. The average Bonchev–Trinajstić information content (AvgIpc) is 2.41. The van der Waals surface area contributed by atoms with E-state index in [0.717, 1.165) is 28.8 Å². The Morgan fingerprint density at radius 2 is 2.11 bits per heavy atom. The lowest BCUT2D eigenvalue weighted by Gasteiger charge is -2.09. The Bertz CT molecular complexity index is 590. The van der Waals surface area contributed by atoms with Crippen molar-refractivity contribution in [2.75, 3.05) is 11.9 Å². The molecule has 3 nitrogen and oxygen atoms in total. The second kappa shape index (κ2) is 6.55. The van der Waals surface area contributed by atoms with E-state index in [1.54, 1.807) is 12.3 Å². The molecule has 100 valence electrons. The Labute approximate surface area is 130 Å². The molecule has 2 aromatic rings.